The lowest BCUT2D eigenvalue weighted by Gasteiger charge is -2.38. The molecule has 1 fully saturated rings. The van der Waals surface area contributed by atoms with Crippen molar-refractivity contribution in [1.82, 2.24) is 19.4 Å². The van der Waals surface area contributed by atoms with Crippen molar-refractivity contribution in [2.75, 3.05) is 56.1 Å². The number of para-hydroxylation sites is 1. The van der Waals surface area contributed by atoms with Crippen LogP contribution in [0, 0.1) is 0 Å². The quantitative estimate of drug-likeness (QED) is 0.150. The standard InChI is InChI=1S/C31H37N7O5S/c1-20(43-44(6,40)41)30(39)33-25-16-26(29(42-5)17-28(25)38-15-9-10-21(18-38)36(2)3)35-31-32-14-13-24(34-31)23-19-37(4)27-12-8-7-11-22(23)27/h7-8,11-14,16-17,19,21H,1,9-10,15,18H2,2-6H3,(H,33,39)(H,32,34,35). The third-order valence-electron chi connectivity index (χ3n) is 7.61. The van der Waals surface area contributed by atoms with E-state index >= 15 is 0 Å². The van der Waals surface area contributed by atoms with Gasteiger partial charge in [0.15, 0.2) is 5.76 Å². The number of piperidine rings is 1. The van der Waals surface area contributed by atoms with Gasteiger partial charge in [-0.15, -0.1) is 0 Å². The fourth-order valence-electron chi connectivity index (χ4n) is 5.44. The first kappa shape index (κ1) is 30.8. The molecule has 0 spiro atoms. The topological polar surface area (TPSA) is 131 Å². The number of fused-ring (bicyclic) bond motifs is 1. The Labute approximate surface area is 257 Å². The van der Waals surface area contributed by atoms with Gasteiger partial charge in [0, 0.05) is 61.1 Å². The van der Waals surface area contributed by atoms with Crippen molar-refractivity contribution in [3.05, 3.63) is 67.2 Å². The van der Waals surface area contributed by atoms with Crippen LogP contribution in [0.15, 0.2) is 67.2 Å². The Hall–Kier alpha value is -4.62. The maximum absolute atomic E-state index is 13.0. The fraction of sp³-hybridized carbons (Fsp3) is 0.323. The molecule has 2 aromatic carbocycles. The van der Waals surface area contributed by atoms with Crippen LogP contribution in [0.25, 0.3) is 22.2 Å². The van der Waals surface area contributed by atoms with Gasteiger partial charge in [-0.1, -0.05) is 18.2 Å². The predicted octanol–water partition coefficient (Wildman–Crippen LogP) is 4.35. The van der Waals surface area contributed by atoms with E-state index in [1.807, 2.05) is 51.6 Å². The summed E-state index contributed by atoms with van der Waals surface area (Å²) in [5, 5.41) is 7.10. The lowest BCUT2D eigenvalue weighted by molar-refractivity contribution is -0.114. The Morgan fingerprint density at radius 3 is 2.66 bits per heavy atom. The minimum atomic E-state index is -3.93. The average molecular weight is 620 g/mol. The highest BCUT2D eigenvalue weighted by molar-refractivity contribution is 7.86. The largest absolute Gasteiger partial charge is 0.494 e. The summed E-state index contributed by atoms with van der Waals surface area (Å²) in [6.45, 7) is 4.99. The van der Waals surface area contributed by atoms with Gasteiger partial charge in [0.2, 0.25) is 5.95 Å². The van der Waals surface area contributed by atoms with E-state index in [0.29, 0.717) is 34.8 Å². The van der Waals surface area contributed by atoms with Crippen molar-refractivity contribution in [3.8, 4) is 17.0 Å². The molecule has 1 unspecified atom stereocenters. The number of hydrogen-bond donors (Lipinski definition) is 2. The number of nitrogens with zero attached hydrogens (tertiary/aromatic N) is 5. The lowest BCUT2D eigenvalue weighted by Crippen LogP contribution is -2.45. The molecule has 2 aromatic heterocycles. The minimum Gasteiger partial charge on any atom is -0.494 e. The van der Waals surface area contributed by atoms with Gasteiger partial charge in [-0.05, 0) is 51.7 Å². The number of anilines is 4. The molecule has 44 heavy (non-hydrogen) atoms. The van der Waals surface area contributed by atoms with Crippen molar-refractivity contribution in [1.29, 1.82) is 0 Å². The Bertz CT molecular complexity index is 1820. The molecule has 1 saturated heterocycles. The molecule has 12 nitrogen and oxygen atoms in total. The molecule has 0 radical (unpaired) electrons. The number of hydrogen-bond acceptors (Lipinski definition) is 10. The van der Waals surface area contributed by atoms with Crippen LogP contribution < -0.4 is 20.3 Å². The lowest BCUT2D eigenvalue weighted by atomic mass is 10.0. The van der Waals surface area contributed by atoms with Gasteiger partial charge in [-0.25, -0.2) is 9.97 Å². The molecule has 3 heterocycles. The highest BCUT2D eigenvalue weighted by Gasteiger charge is 2.26. The number of rotatable bonds is 10. The predicted molar refractivity (Wildman–Crippen MR) is 173 cm³/mol. The number of nitrogens with one attached hydrogen (secondary N) is 2. The number of amides is 1. The molecule has 1 aliphatic rings. The summed E-state index contributed by atoms with van der Waals surface area (Å²) < 4.78 is 35.9. The summed E-state index contributed by atoms with van der Waals surface area (Å²) in [6.07, 6.45) is 6.57. The van der Waals surface area contributed by atoms with Crippen LogP contribution in [0.3, 0.4) is 0 Å². The molecule has 1 aliphatic heterocycles. The zero-order valence-electron chi connectivity index (χ0n) is 25.5. The van der Waals surface area contributed by atoms with E-state index in [2.05, 4.69) is 48.7 Å². The van der Waals surface area contributed by atoms with Crippen molar-refractivity contribution < 1.29 is 22.1 Å². The minimum absolute atomic E-state index is 0.310. The van der Waals surface area contributed by atoms with E-state index < -0.39 is 21.8 Å². The monoisotopic (exact) mass is 619 g/mol. The molecular formula is C31H37N7O5S. The first-order chi connectivity index (χ1) is 20.9. The van der Waals surface area contributed by atoms with Crippen LogP contribution in [-0.4, -0.2) is 80.4 Å². The second-order valence-corrected chi connectivity index (χ2v) is 12.6. The molecule has 232 valence electrons. The third kappa shape index (κ3) is 6.79. The Morgan fingerprint density at radius 1 is 1.16 bits per heavy atom. The zero-order valence-corrected chi connectivity index (χ0v) is 26.3. The third-order valence-corrected chi connectivity index (χ3v) is 8.12. The molecule has 13 heteroatoms. The highest BCUT2D eigenvalue weighted by atomic mass is 32.2. The number of benzene rings is 2. The SMILES string of the molecule is C=C(OS(C)(=O)=O)C(=O)Nc1cc(Nc2nccc(-c3cn(C)c4ccccc34)n2)c(OC)cc1N1CCCC(N(C)C)C1. The van der Waals surface area contributed by atoms with Crippen LogP contribution in [-0.2, 0) is 26.1 Å². The molecule has 0 bridgehead atoms. The average Bonchev–Trinajstić information content (AvgIpc) is 3.33. The van der Waals surface area contributed by atoms with Gasteiger partial charge in [0.05, 0.1) is 36.1 Å². The summed E-state index contributed by atoms with van der Waals surface area (Å²) in [4.78, 5) is 26.6. The van der Waals surface area contributed by atoms with Gasteiger partial charge in [0.25, 0.3) is 5.91 Å². The summed E-state index contributed by atoms with van der Waals surface area (Å²) in [6, 6.07) is 13.8. The van der Waals surface area contributed by atoms with Gasteiger partial charge < -0.3 is 33.9 Å². The van der Waals surface area contributed by atoms with Crippen molar-refractivity contribution in [3.63, 3.8) is 0 Å². The number of aromatic nitrogens is 3. The van der Waals surface area contributed by atoms with E-state index in [4.69, 9.17) is 13.9 Å². The Morgan fingerprint density at radius 2 is 1.93 bits per heavy atom. The Balaban J connectivity index is 1.52. The molecule has 5 rings (SSSR count). The van der Waals surface area contributed by atoms with Gasteiger partial charge >= 0.3 is 10.1 Å². The fourth-order valence-corrected chi connectivity index (χ4v) is 5.88. The van der Waals surface area contributed by atoms with Crippen LogP contribution in [0.1, 0.15) is 12.8 Å². The van der Waals surface area contributed by atoms with E-state index in [1.165, 1.54) is 0 Å². The van der Waals surface area contributed by atoms with Crippen LogP contribution in [0.5, 0.6) is 5.75 Å². The molecule has 4 aromatic rings. The van der Waals surface area contributed by atoms with Gasteiger partial charge in [-0.2, -0.15) is 8.42 Å². The summed E-state index contributed by atoms with van der Waals surface area (Å²) >= 11 is 0. The zero-order chi connectivity index (χ0) is 31.6. The number of carbonyl (C=O) groups excluding carboxylic acids is 1. The van der Waals surface area contributed by atoms with Crippen molar-refractivity contribution in [2.45, 2.75) is 18.9 Å². The maximum atomic E-state index is 13.0. The summed E-state index contributed by atoms with van der Waals surface area (Å²) in [5.41, 5.74) is 4.42. The summed E-state index contributed by atoms with van der Waals surface area (Å²) in [5.74, 6) is -0.493. The highest BCUT2D eigenvalue weighted by Crippen LogP contribution is 2.40. The van der Waals surface area contributed by atoms with E-state index in [0.717, 1.165) is 54.3 Å². The van der Waals surface area contributed by atoms with E-state index in [9.17, 15) is 13.2 Å². The van der Waals surface area contributed by atoms with E-state index in [1.54, 1.807) is 19.4 Å². The molecule has 0 saturated carbocycles. The van der Waals surface area contributed by atoms with Crippen LogP contribution in [0.2, 0.25) is 0 Å². The molecular weight excluding hydrogens is 582 g/mol. The number of ether oxygens (including phenoxy) is 1. The van der Waals surface area contributed by atoms with E-state index in [-0.39, 0.29) is 0 Å². The number of likely N-dealkylation sites (N-methyl/N-ethyl adjacent to an activating group) is 1. The number of carbonyl (C=O) groups is 1. The molecule has 1 amide bonds. The normalized spacial score (nSPS) is 15.3. The Kier molecular flexibility index (Phi) is 8.79. The number of aryl methyl sites for hydroxylation is 1. The maximum Gasteiger partial charge on any atom is 0.306 e. The molecule has 1 atom stereocenters. The first-order valence-electron chi connectivity index (χ1n) is 14.1. The van der Waals surface area contributed by atoms with Crippen molar-refractivity contribution >= 4 is 49.9 Å². The smallest absolute Gasteiger partial charge is 0.306 e. The summed E-state index contributed by atoms with van der Waals surface area (Å²) in [7, 11) is 3.72. The molecule has 2 N–H and O–H groups in total. The van der Waals surface area contributed by atoms with Crippen LogP contribution in [0.4, 0.5) is 23.0 Å². The number of methoxy groups -OCH3 is 1. The first-order valence-corrected chi connectivity index (χ1v) is 15.9. The van der Waals surface area contributed by atoms with Gasteiger partial charge in [-0.3, -0.25) is 4.79 Å². The van der Waals surface area contributed by atoms with Gasteiger partial charge in [0.1, 0.15) is 5.75 Å². The van der Waals surface area contributed by atoms with Crippen molar-refractivity contribution in [2.24, 2.45) is 7.05 Å². The second kappa shape index (κ2) is 12.5. The molecule has 0 aliphatic carbocycles. The van der Waals surface area contributed by atoms with Crippen LogP contribution >= 0.6 is 0 Å². The second-order valence-electron chi connectivity index (χ2n) is 11.0.